The van der Waals surface area contributed by atoms with Gasteiger partial charge in [0.25, 0.3) is 0 Å². The molecule has 0 aromatic rings. The van der Waals surface area contributed by atoms with Gasteiger partial charge in [0, 0.05) is 32.7 Å². The number of nitrogens with one attached hydrogen (secondary N) is 1. The van der Waals surface area contributed by atoms with Gasteiger partial charge in [0.1, 0.15) is 0 Å². The predicted molar refractivity (Wildman–Crippen MR) is 73.9 cm³/mol. The maximum atomic E-state index is 12.0. The van der Waals surface area contributed by atoms with Gasteiger partial charge in [-0.3, -0.25) is 4.79 Å². The highest BCUT2D eigenvalue weighted by atomic mass is 32.2. The molecule has 0 aromatic carbocycles. The molecule has 0 unspecified atom stereocenters. The zero-order valence-corrected chi connectivity index (χ0v) is 12.9. The molecule has 21 heavy (non-hydrogen) atoms. The number of amides is 1. The van der Waals surface area contributed by atoms with Crippen molar-refractivity contribution in [2.45, 2.75) is 26.4 Å². The molecule has 1 fully saturated rings. The minimum Gasteiger partial charge on any atom is -0.481 e. The minimum absolute atomic E-state index is 0.0196. The first-order valence-corrected chi connectivity index (χ1v) is 8.07. The van der Waals surface area contributed by atoms with Gasteiger partial charge < -0.3 is 14.7 Å². The van der Waals surface area contributed by atoms with Gasteiger partial charge in [0.2, 0.25) is 0 Å². The van der Waals surface area contributed by atoms with Gasteiger partial charge in [-0.25, -0.2) is 9.52 Å². The van der Waals surface area contributed by atoms with E-state index >= 15 is 0 Å². The minimum atomic E-state index is -3.92. The summed E-state index contributed by atoms with van der Waals surface area (Å²) >= 11 is 0. The normalized spacial score (nSPS) is 17.7. The van der Waals surface area contributed by atoms with Crippen LogP contribution in [0.1, 0.15) is 20.3 Å². The molecule has 1 amide bonds. The van der Waals surface area contributed by atoms with Gasteiger partial charge in [-0.15, -0.1) is 0 Å². The molecule has 1 aliphatic heterocycles. The number of hydrogen-bond donors (Lipinski definition) is 2. The van der Waals surface area contributed by atoms with E-state index in [9.17, 15) is 18.0 Å². The van der Waals surface area contributed by atoms with Crippen LogP contribution in [-0.4, -0.2) is 73.6 Å². The van der Waals surface area contributed by atoms with E-state index in [1.165, 1.54) is 0 Å². The lowest BCUT2D eigenvalue weighted by atomic mass is 10.3. The van der Waals surface area contributed by atoms with Gasteiger partial charge in [0.05, 0.1) is 12.5 Å². The number of piperazine rings is 1. The molecule has 9 nitrogen and oxygen atoms in total. The standard InChI is InChI=1S/C11H21N3O6S/c1-9(2)20-11(17)12-21(18,19)14-7-5-13(6-8-14)4-3-10(15)16/h9H,3-8H2,1-2H3,(H,12,17)(H,15,16). The number of carbonyl (C=O) groups excluding carboxylic acids is 1. The van der Waals surface area contributed by atoms with Crippen molar-refractivity contribution in [2.75, 3.05) is 32.7 Å². The fraction of sp³-hybridized carbons (Fsp3) is 0.818. The Kier molecular flexibility index (Phi) is 6.37. The van der Waals surface area contributed by atoms with Crippen LogP contribution in [0.4, 0.5) is 4.79 Å². The van der Waals surface area contributed by atoms with Crippen LogP contribution >= 0.6 is 0 Å². The topological polar surface area (TPSA) is 116 Å². The van der Waals surface area contributed by atoms with E-state index in [1.807, 2.05) is 9.62 Å². The van der Waals surface area contributed by atoms with Crippen molar-refractivity contribution in [2.24, 2.45) is 0 Å². The van der Waals surface area contributed by atoms with Crippen LogP contribution in [0, 0.1) is 0 Å². The number of ether oxygens (including phenoxy) is 1. The third-order valence-electron chi connectivity index (χ3n) is 2.87. The summed E-state index contributed by atoms with van der Waals surface area (Å²) in [5.74, 6) is -0.886. The van der Waals surface area contributed by atoms with Crippen LogP contribution in [0.15, 0.2) is 0 Å². The Morgan fingerprint density at radius 1 is 1.24 bits per heavy atom. The molecule has 1 saturated heterocycles. The Morgan fingerprint density at radius 2 is 1.81 bits per heavy atom. The van der Waals surface area contributed by atoms with E-state index in [1.54, 1.807) is 13.8 Å². The van der Waals surface area contributed by atoms with Gasteiger partial charge in [-0.05, 0) is 13.8 Å². The first-order valence-electron chi connectivity index (χ1n) is 6.63. The third kappa shape index (κ3) is 6.27. The van der Waals surface area contributed by atoms with E-state index < -0.39 is 28.4 Å². The van der Waals surface area contributed by atoms with Crippen LogP contribution in [0.5, 0.6) is 0 Å². The second-order valence-corrected chi connectivity index (χ2v) is 6.62. The lowest BCUT2D eigenvalue weighted by Crippen LogP contribution is -2.53. The van der Waals surface area contributed by atoms with Gasteiger partial charge in [0.15, 0.2) is 0 Å². The predicted octanol–water partition coefficient (Wildman–Crippen LogP) is -0.542. The highest BCUT2D eigenvalue weighted by Crippen LogP contribution is 2.07. The summed E-state index contributed by atoms with van der Waals surface area (Å²) < 4.78 is 31.6. The number of carboxylic acid groups (broad SMARTS) is 1. The molecule has 122 valence electrons. The number of nitrogens with zero attached hydrogens (tertiary/aromatic N) is 2. The quantitative estimate of drug-likeness (QED) is 0.674. The summed E-state index contributed by atoms with van der Waals surface area (Å²) in [4.78, 5) is 23.7. The largest absolute Gasteiger partial charge is 0.481 e. The molecule has 0 radical (unpaired) electrons. The Hall–Kier alpha value is -1.39. The molecular formula is C11H21N3O6S. The number of carbonyl (C=O) groups is 2. The fourth-order valence-electron chi connectivity index (χ4n) is 1.86. The van der Waals surface area contributed by atoms with E-state index in [-0.39, 0.29) is 19.5 Å². The zero-order chi connectivity index (χ0) is 16.0. The maximum Gasteiger partial charge on any atom is 0.422 e. The van der Waals surface area contributed by atoms with Crippen molar-refractivity contribution < 1.29 is 27.9 Å². The van der Waals surface area contributed by atoms with Crippen LogP contribution < -0.4 is 4.72 Å². The molecule has 1 aliphatic rings. The van der Waals surface area contributed by atoms with E-state index in [2.05, 4.69) is 0 Å². The molecule has 0 bridgehead atoms. The molecule has 0 atom stereocenters. The average Bonchev–Trinajstić information content (AvgIpc) is 2.35. The first kappa shape index (κ1) is 17.7. The smallest absolute Gasteiger partial charge is 0.422 e. The molecule has 0 spiro atoms. The Labute approximate surface area is 124 Å². The molecule has 2 N–H and O–H groups in total. The summed E-state index contributed by atoms with van der Waals surface area (Å²) in [5.41, 5.74) is 0. The van der Waals surface area contributed by atoms with Gasteiger partial charge in [-0.2, -0.15) is 12.7 Å². The molecule has 0 aliphatic carbocycles. The van der Waals surface area contributed by atoms with Crippen molar-refractivity contribution in [3.63, 3.8) is 0 Å². The third-order valence-corrected chi connectivity index (χ3v) is 4.34. The van der Waals surface area contributed by atoms with Crippen molar-refractivity contribution in [3.8, 4) is 0 Å². The summed E-state index contributed by atoms with van der Waals surface area (Å²) in [7, 11) is -3.92. The summed E-state index contributed by atoms with van der Waals surface area (Å²) in [6.45, 7) is 4.86. The first-order chi connectivity index (χ1) is 9.70. The summed E-state index contributed by atoms with van der Waals surface area (Å²) in [5, 5.41) is 8.60. The van der Waals surface area contributed by atoms with E-state index in [0.29, 0.717) is 19.6 Å². The molecule has 1 heterocycles. The summed E-state index contributed by atoms with van der Waals surface area (Å²) in [6, 6.07) is 0. The lowest BCUT2D eigenvalue weighted by molar-refractivity contribution is -0.137. The van der Waals surface area contributed by atoms with Crippen molar-refractivity contribution in [1.82, 2.24) is 13.9 Å². The number of hydrogen-bond acceptors (Lipinski definition) is 6. The van der Waals surface area contributed by atoms with E-state index in [4.69, 9.17) is 9.84 Å². The van der Waals surface area contributed by atoms with E-state index in [0.717, 1.165) is 4.31 Å². The van der Waals surface area contributed by atoms with Crippen LogP contribution in [-0.2, 0) is 19.7 Å². The van der Waals surface area contributed by atoms with Crippen LogP contribution in [0.25, 0.3) is 0 Å². The van der Waals surface area contributed by atoms with Crippen molar-refractivity contribution >= 4 is 22.3 Å². The fourth-order valence-corrected chi connectivity index (χ4v) is 2.89. The van der Waals surface area contributed by atoms with Gasteiger partial charge >= 0.3 is 22.3 Å². The molecule has 0 saturated carbocycles. The number of rotatable bonds is 6. The maximum absolute atomic E-state index is 12.0. The number of aliphatic carboxylic acids is 1. The Balaban J connectivity index is 2.45. The zero-order valence-electron chi connectivity index (χ0n) is 12.1. The second kappa shape index (κ2) is 7.57. The number of carboxylic acids is 1. The Morgan fingerprint density at radius 3 is 2.29 bits per heavy atom. The van der Waals surface area contributed by atoms with Crippen LogP contribution in [0.2, 0.25) is 0 Å². The second-order valence-electron chi connectivity index (χ2n) is 4.95. The van der Waals surface area contributed by atoms with Crippen molar-refractivity contribution in [3.05, 3.63) is 0 Å². The molecular weight excluding hydrogens is 302 g/mol. The van der Waals surface area contributed by atoms with Crippen LogP contribution in [0.3, 0.4) is 0 Å². The van der Waals surface area contributed by atoms with Gasteiger partial charge in [-0.1, -0.05) is 0 Å². The highest BCUT2D eigenvalue weighted by molar-refractivity contribution is 7.87. The highest BCUT2D eigenvalue weighted by Gasteiger charge is 2.29. The SMILES string of the molecule is CC(C)OC(=O)NS(=O)(=O)N1CCN(CCC(=O)O)CC1. The Bertz CT molecular complexity index is 470. The molecule has 1 rings (SSSR count). The molecule has 0 aromatic heterocycles. The summed E-state index contributed by atoms with van der Waals surface area (Å²) in [6.07, 6.45) is -1.39. The molecule has 10 heteroatoms. The lowest BCUT2D eigenvalue weighted by Gasteiger charge is -2.33. The average molecular weight is 323 g/mol. The van der Waals surface area contributed by atoms with Crippen molar-refractivity contribution in [1.29, 1.82) is 0 Å². The monoisotopic (exact) mass is 323 g/mol.